The number of hydrogen-bond donors (Lipinski definition) is 3. The van der Waals surface area contributed by atoms with Crippen molar-refractivity contribution in [1.29, 1.82) is 0 Å². The maximum absolute atomic E-state index is 10.9. The normalized spacial score (nSPS) is 11.8. The van der Waals surface area contributed by atoms with Gasteiger partial charge >= 0.3 is 11.9 Å². The zero-order chi connectivity index (χ0) is 12.1. The molecule has 0 heterocycles. The summed E-state index contributed by atoms with van der Waals surface area (Å²) in [5.41, 5.74) is 0.395. The van der Waals surface area contributed by atoms with Gasteiger partial charge in [0.1, 0.15) is 6.04 Å². The fourth-order valence-electron chi connectivity index (χ4n) is 1.32. The monoisotopic (exact) mass is 223 g/mol. The summed E-state index contributed by atoms with van der Waals surface area (Å²) in [6.07, 6.45) is 0.378. The minimum Gasteiger partial charge on any atom is -0.480 e. The Labute approximate surface area is 92.7 Å². The smallest absolute Gasteiger partial charge is 0.337 e. The first-order valence-corrected chi connectivity index (χ1v) is 4.88. The molecule has 0 amide bonds. The molecule has 1 aromatic rings. The molecular weight excluding hydrogens is 210 g/mol. The molecule has 0 aromatic heterocycles. The first kappa shape index (κ1) is 12.0. The molecule has 5 nitrogen and oxygen atoms in total. The fourth-order valence-corrected chi connectivity index (χ4v) is 1.32. The highest BCUT2D eigenvalue weighted by Gasteiger charge is 2.17. The molecule has 1 aromatic carbocycles. The number of para-hydroxylation sites is 1. The van der Waals surface area contributed by atoms with E-state index in [2.05, 4.69) is 5.32 Å². The molecule has 1 unspecified atom stereocenters. The zero-order valence-electron chi connectivity index (χ0n) is 8.80. The minimum atomic E-state index is -1.08. The van der Waals surface area contributed by atoms with E-state index in [4.69, 9.17) is 10.2 Å². The van der Waals surface area contributed by atoms with Gasteiger partial charge in [0.05, 0.1) is 5.56 Å². The molecule has 1 atom stereocenters. The number of hydrogen-bond acceptors (Lipinski definition) is 3. The second-order valence-electron chi connectivity index (χ2n) is 3.29. The topological polar surface area (TPSA) is 86.6 Å². The second kappa shape index (κ2) is 5.16. The second-order valence-corrected chi connectivity index (χ2v) is 3.29. The molecule has 0 fully saturated rings. The lowest BCUT2D eigenvalue weighted by molar-refractivity contribution is -0.137. The summed E-state index contributed by atoms with van der Waals surface area (Å²) in [5.74, 6) is -2.08. The van der Waals surface area contributed by atoms with Gasteiger partial charge in [0.25, 0.3) is 0 Å². The van der Waals surface area contributed by atoms with E-state index in [0.717, 1.165) is 0 Å². The van der Waals surface area contributed by atoms with Crippen molar-refractivity contribution in [2.45, 2.75) is 19.4 Å². The van der Waals surface area contributed by atoms with Crippen molar-refractivity contribution >= 4 is 17.6 Å². The number of carbonyl (C=O) groups is 2. The van der Waals surface area contributed by atoms with Crippen LogP contribution in [-0.4, -0.2) is 28.2 Å². The van der Waals surface area contributed by atoms with Crippen molar-refractivity contribution in [3.05, 3.63) is 29.8 Å². The van der Waals surface area contributed by atoms with Crippen LogP contribution in [0.15, 0.2) is 24.3 Å². The van der Waals surface area contributed by atoms with Crippen LogP contribution in [0.25, 0.3) is 0 Å². The summed E-state index contributed by atoms with van der Waals surface area (Å²) in [6.45, 7) is 1.72. The van der Waals surface area contributed by atoms with Gasteiger partial charge in [0.15, 0.2) is 0 Å². The van der Waals surface area contributed by atoms with Gasteiger partial charge in [0.2, 0.25) is 0 Å². The van der Waals surface area contributed by atoms with Crippen molar-refractivity contribution < 1.29 is 19.8 Å². The summed E-state index contributed by atoms with van der Waals surface area (Å²) < 4.78 is 0. The first-order chi connectivity index (χ1) is 7.56. The van der Waals surface area contributed by atoms with E-state index in [1.807, 2.05) is 0 Å². The zero-order valence-corrected chi connectivity index (χ0v) is 8.80. The van der Waals surface area contributed by atoms with E-state index in [0.29, 0.717) is 12.1 Å². The Morgan fingerprint density at radius 2 is 1.94 bits per heavy atom. The molecule has 86 valence electrons. The highest BCUT2D eigenvalue weighted by molar-refractivity contribution is 5.95. The van der Waals surface area contributed by atoms with Crippen molar-refractivity contribution in [2.24, 2.45) is 0 Å². The molecule has 0 radical (unpaired) electrons. The number of nitrogens with one attached hydrogen (secondary N) is 1. The molecule has 0 aliphatic heterocycles. The van der Waals surface area contributed by atoms with E-state index >= 15 is 0 Å². The third-order valence-electron chi connectivity index (χ3n) is 2.19. The van der Waals surface area contributed by atoms with Crippen molar-refractivity contribution in [3.8, 4) is 0 Å². The van der Waals surface area contributed by atoms with Crippen LogP contribution in [0.4, 0.5) is 5.69 Å². The van der Waals surface area contributed by atoms with Crippen LogP contribution < -0.4 is 5.32 Å². The molecule has 5 heteroatoms. The number of aromatic carboxylic acids is 1. The Bertz CT molecular complexity index is 403. The lowest BCUT2D eigenvalue weighted by atomic mass is 10.1. The molecule has 0 aliphatic rings. The molecule has 16 heavy (non-hydrogen) atoms. The number of aliphatic carboxylic acids is 1. The molecule has 3 N–H and O–H groups in total. The van der Waals surface area contributed by atoms with Crippen LogP contribution >= 0.6 is 0 Å². The number of carboxylic acids is 2. The van der Waals surface area contributed by atoms with Gasteiger partial charge in [-0.05, 0) is 18.6 Å². The highest BCUT2D eigenvalue weighted by Crippen LogP contribution is 2.16. The Morgan fingerprint density at radius 1 is 1.31 bits per heavy atom. The third-order valence-corrected chi connectivity index (χ3v) is 2.19. The molecule has 0 saturated carbocycles. The van der Waals surface area contributed by atoms with Crippen LogP contribution in [0.5, 0.6) is 0 Å². The van der Waals surface area contributed by atoms with E-state index in [-0.39, 0.29) is 5.56 Å². The van der Waals surface area contributed by atoms with Crippen molar-refractivity contribution in [2.75, 3.05) is 5.32 Å². The lowest BCUT2D eigenvalue weighted by Crippen LogP contribution is -2.29. The summed E-state index contributed by atoms with van der Waals surface area (Å²) in [6, 6.07) is 5.45. The van der Waals surface area contributed by atoms with Gasteiger partial charge in [-0.2, -0.15) is 0 Å². The number of benzene rings is 1. The summed E-state index contributed by atoms with van der Waals surface area (Å²) >= 11 is 0. The van der Waals surface area contributed by atoms with E-state index in [1.54, 1.807) is 25.1 Å². The Hall–Kier alpha value is -2.04. The van der Waals surface area contributed by atoms with Crippen LogP contribution in [0.1, 0.15) is 23.7 Å². The van der Waals surface area contributed by atoms with Crippen molar-refractivity contribution in [3.63, 3.8) is 0 Å². The summed E-state index contributed by atoms with van der Waals surface area (Å²) in [4.78, 5) is 21.7. The van der Waals surface area contributed by atoms with Gasteiger partial charge < -0.3 is 15.5 Å². The average Bonchev–Trinajstić information content (AvgIpc) is 2.25. The van der Waals surface area contributed by atoms with Gasteiger partial charge in [-0.1, -0.05) is 19.1 Å². The molecule has 0 bridgehead atoms. The maximum Gasteiger partial charge on any atom is 0.337 e. The van der Waals surface area contributed by atoms with E-state index < -0.39 is 18.0 Å². The first-order valence-electron chi connectivity index (χ1n) is 4.88. The summed E-state index contributed by atoms with van der Waals surface area (Å²) in [7, 11) is 0. The predicted octanol–water partition coefficient (Wildman–Crippen LogP) is 1.66. The fraction of sp³-hybridized carbons (Fsp3) is 0.273. The third kappa shape index (κ3) is 2.73. The Balaban J connectivity index is 2.95. The minimum absolute atomic E-state index is 0.0715. The molecule has 0 aliphatic carbocycles. The van der Waals surface area contributed by atoms with Crippen LogP contribution in [0.3, 0.4) is 0 Å². The van der Waals surface area contributed by atoms with Gasteiger partial charge in [-0.15, -0.1) is 0 Å². The molecular formula is C11H13NO4. The highest BCUT2D eigenvalue weighted by atomic mass is 16.4. The number of carboxylic acid groups (broad SMARTS) is 2. The number of anilines is 1. The summed E-state index contributed by atoms with van der Waals surface area (Å²) in [5, 5.41) is 20.5. The van der Waals surface area contributed by atoms with Gasteiger partial charge in [-0.3, -0.25) is 0 Å². The van der Waals surface area contributed by atoms with Crippen molar-refractivity contribution in [1.82, 2.24) is 0 Å². The molecule has 1 rings (SSSR count). The van der Waals surface area contributed by atoms with Crippen LogP contribution in [-0.2, 0) is 4.79 Å². The van der Waals surface area contributed by atoms with E-state index in [1.165, 1.54) is 6.07 Å². The largest absolute Gasteiger partial charge is 0.480 e. The average molecular weight is 223 g/mol. The van der Waals surface area contributed by atoms with Crippen LogP contribution in [0, 0.1) is 0 Å². The number of rotatable bonds is 5. The van der Waals surface area contributed by atoms with Crippen LogP contribution in [0.2, 0.25) is 0 Å². The predicted molar refractivity (Wildman–Crippen MR) is 58.7 cm³/mol. The molecule has 0 saturated heterocycles. The molecule has 0 spiro atoms. The Kier molecular flexibility index (Phi) is 3.88. The SMILES string of the molecule is CCC(Nc1ccccc1C(=O)O)C(=O)O. The lowest BCUT2D eigenvalue weighted by Gasteiger charge is -2.15. The van der Waals surface area contributed by atoms with E-state index in [9.17, 15) is 9.59 Å². The van der Waals surface area contributed by atoms with Gasteiger partial charge in [-0.25, -0.2) is 9.59 Å². The van der Waals surface area contributed by atoms with Gasteiger partial charge in [0, 0.05) is 5.69 Å². The maximum atomic E-state index is 10.9. The standard InChI is InChI=1S/C11H13NO4/c1-2-8(11(15)16)12-9-6-4-3-5-7(9)10(13)14/h3-6,8,12H,2H2,1H3,(H,13,14)(H,15,16). The Morgan fingerprint density at radius 3 is 2.44 bits per heavy atom. The quantitative estimate of drug-likeness (QED) is 0.706.